The maximum absolute atomic E-state index is 14.3. The van der Waals surface area contributed by atoms with Gasteiger partial charge in [0.25, 0.3) is 11.8 Å². The van der Waals surface area contributed by atoms with Gasteiger partial charge >= 0.3 is 0 Å². The van der Waals surface area contributed by atoms with E-state index < -0.39 is 17.6 Å². The summed E-state index contributed by atoms with van der Waals surface area (Å²) in [6.45, 7) is 0. The van der Waals surface area contributed by atoms with Crippen LogP contribution in [0.5, 0.6) is 5.75 Å². The molecular weight excluding hydrogens is 379 g/mol. The van der Waals surface area contributed by atoms with Crippen LogP contribution in [0.4, 0.5) is 15.8 Å². The Morgan fingerprint density at radius 2 is 1.82 bits per heavy atom. The number of halogens is 1. The van der Waals surface area contributed by atoms with E-state index in [-0.39, 0.29) is 17.0 Å². The molecule has 2 heterocycles. The van der Waals surface area contributed by atoms with Crippen molar-refractivity contribution >= 4 is 40.1 Å². The van der Waals surface area contributed by atoms with Crippen LogP contribution in [-0.2, 0) is 9.59 Å². The number of para-hydroxylation sites is 1. The fraction of sp³-hybridized carbons (Fsp3) is 0.0476. The number of anilines is 2. The van der Waals surface area contributed by atoms with Crippen LogP contribution in [0.1, 0.15) is 4.88 Å². The molecule has 0 saturated carbocycles. The molecule has 28 heavy (non-hydrogen) atoms. The second kappa shape index (κ2) is 7.28. The van der Waals surface area contributed by atoms with E-state index in [0.29, 0.717) is 16.3 Å². The highest BCUT2D eigenvalue weighted by Crippen LogP contribution is 2.36. The summed E-state index contributed by atoms with van der Waals surface area (Å²) in [4.78, 5) is 27.7. The van der Waals surface area contributed by atoms with E-state index in [1.807, 2.05) is 5.38 Å². The zero-order valence-electron chi connectivity index (χ0n) is 14.8. The summed E-state index contributed by atoms with van der Waals surface area (Å²) in [5, 5.41) is 4.84. The van der Waals surface area contributed by atoms with Gasteiger partial charge in [0.2, 0.25) is 0 Å². The van der Waals surface area contributed by atoms with E-state index in [4.69, 9.17) is 4.74 Å². The number of thiophene rings is 1. The number of benzene rings is 2. The number of carbonyl (C=O) groups is 2. The van der Waals surface area contributed by atoms with Crippen LogP contribution in [0.15, 0.2) is 71.7 Å². The highest BCUT2D eigenvalue weighted by molar-refractivity contribution is 7.11. The Labute approximate surface area is 164 Å². The quantitative estimate of drug-likeness (QED) is 0.656. The van der Waals surface area contributed by atoms with Crippen LogP contribution >= 0.6 is 11.3 Å². The molecular formula is C21H15FN2O3S. The molecule has 0 fully saturated rings. The van der Waals surface area contributed by atoms with Crippen LogP contribution in [0.2, 0.25) is 0 Å². The number of amides is 2. The molecule has 1 N–H and O–H groups in total. The minimum atomic E-state index is -0.641. The molecule has 0 radical (unpaired) electrons. The maximum atomic E-state index is 14.3. The van der Waals surface area contributed by atoms with Crippen molar-refractivity contribution < 1.29 is 18.7 Å². The molecule has 2 amide bonds. The molecule has 0 spiro atoms. The molecule has 4 rings (SSSR count). The molecule has 1 aliphatic rings. The van der Waals surface area contributed by atoms with Crippen LogP contribution in [0, 0.1) is 5.82 Å². The lowest BCUT2D eigenvalue weighted by Gasteiger charge is -2.16. The molecule has 7 heteroatoms. The average molecular weight is 394 g/mol. The highest BCUT2D eigenvalue weighted by Gasteiger charge is 2.41. The summed E-state index contributed by atoms with van der Waals surface area (Å²) in [5.41, 5.74) is 0.823. The van der Waals surface area contributed by atoms with E-state index >= 15 is 0 Å². The van der Waals surface area contributed by atoms with Crippen LogP contribution in [0.25, 0.3) is 5.57 Å². The van der Waals surface area contributed by atoms with Crippen molar-refractivity contribution in [2.24, 2.45) is 0 Å². The normalized spacial score (nSPS) is 14.0. The second-order valence-electron chi connectivity index (χ2n) is 5.98. The second-order valence-corrected chi connectivity index (χ2v) is 6.93. The lowest BCUT2D eigenvalue weighted by atomic mass is 10.2. The highest BCUT2D eigenvalue weighted by atomic mass is 32.1. The summed E-state index contributed by atoms with van der Waals surface area (Å²) in [6.07, 6.45) is 0. The Morgan fingerprint density at radius 3 is 2.54 bits per heavy atom. The zero-order valence-corrected chi connectivity index (χ0v) is 15.6. The maximum Gasteiger partial charge on any atom is 0.282 e. The summed E-state index contributed by atoms with van der Waals surface area (Å²) in [6, 6.07) is 16.3. The average Bonchev–Trinajstić information content (AvgIpc) is 3.30. The molecule has 5 nitrogen and oxygen atoms in total. The number of hydrogen-bond acceptors (Lipinski definition) is 5. The number of methoxy groups -OCH3 is 1. The van der Waals surface area contributed by atoms with Gasteiger partial charge in [-0.2, -0.15) is 0 Å². The van der Waals surface area contributed by atoms with E-state index in [9.17, 15) is 14.0 Å². The minimum absolute atomic E-state index is 0.0750. The molecule has 1 aromatic heterocycles. The van der Waals surface area contributed by atoms with Crippen molar-refractivity contribution in [3.05, 3.63) is 82.4 Å². The number of imide groups is 1. The molecule has 0 unspecified atom stereocenters. The summed E-state index contributed by atoms with van der Waals surface area (Å²) >= 11 is 1.33. The third-order valence-electron chi connectivity index (χ3n) is 4.28. The van der Waals surface area contributed by atoms with Gasteiger partial charge < -0.3 is 10.1 Å². The Bertz CT molecular complexity index is 1090. The third-order valence-corrected chi connectivity index (χ3v) is 5.17. The number of ether oxygens (including phenoxy) is 1. The predicted molar refractivity (Wildman–Crippen MR) is 107 cm³/mol. The molecule has 0 saturated heterocycles. The van der Waals surface area contributed by atoms with Crippen molar-refractivity contribution in [2.45, 2.75) is 0 Å². The number of nitrogens with zero attached hydrogens (tertiary/aromatic N) is 1. The van der Waals surface area contributed by atoms with Crippen LogP contribution in [-0.4, -0.2) is 18.9 Å². The Kier molecular flexibility index (Phi) is 4.67. The Balaban J connectivity index is 1.81. The van der Waals surface area contributed by atoms with E-state index in [2.05, 4.69) is 5.32 Å². The fourth-order valence-corrected chi connectivity index (χ4v) is 3.76. The van der Waals surface area contributed by atoms with Gasteiger partial charge in [-0.25, -0.2) is 9.29 Å². The molecule has 140 valence electrons. The molecule has 1 aliphatic heterocycles. The van der Waals surface area contributed by atoms with Crippen LogP contribution in [0.3, 0.4) is 0 Å². The fourth-order valence-electron chi connectivity index (χ4n) is 2.99. The molecule has 0 bridgehead atoms. The molecule has 0 atom stereocenters. The topological polar surface area (TPSA) is 58.6 Å². The summed E-state index contributed by atoms with van der Waals surface area (Å²) in [5.74, 6) is -1.22. The zero-order chi connectivity index (χ0) is 19.7. The third kappa shape index (κ3) is 3.05. The SMILES string of the molecule is COc1cccc(NC2=C(c3cccs3)C(=O)N(c3ccccc3F)C2=O)c1. The first-order valence-electron chi connectivity index (χ1n) is 8.42. The van der Waals surface area contributed by atoms with Crippen molar-refractivity contribution in [1.29, 1.82) is 0 Å². The van der Waals surface area contributed by atoms with Gasteiger partial charge in [-0.05, 0) is 35.7 Å². The van der Waals surface area contributed by atoms with E-state index in [0.717, 1.165) is 4.90 Å². The first kappa shape index (κ1) is 17.9. The van der Waals surface area contributed by atoms with Gasteiger partial charge in [-0.15, -0.1) is 11.3 Å². The minimum Gasteiger partial charge on any atom is -0.497 e. The van der Waals surface area contributed by atoms with Crippen molar-refractivity contribution in [3.8, 4) is 5.75 Å². The van der Waals surface area contributed by atoms with E-state index in [1.165, 1.54) is 29.5 Å². The van der Waals surface area contributed by atoms with Gasteiger partial charge in [0, 0.05) is 16.6 Å². The molecule has 3 aromatic rings. The van der Waals surface area contributed by atoms with Crippen molar-refractivity contribution in [1.82, 2.24) is 0 Å². The smallest absolute Gasteiger partial charge is 0.282 e. The Morgan fingerprint density at radius 1 is 1.00 bits per heavy atom. The molecule has 0 aliphatic carbocycles. The molecule has 2 aromatic carbocycles. The predicted octanol–water partition coefficient (Wildman–Crippen LogP) is 4.29. The lowest BCUT2D eigenvalue weighted by molar-refractivity contribution is -0.120. The summed E-state index contributed by atoms with van der Waals surface area (Å²) < 4.78 is 19.5. The number of hydrogen-bond donors (Lipinski definition) is 1. The van der Waals surface area contributed by atoms with Gasteiger partial charge in [-0.1, -0.05) is 24.3 Å². The lowest BCUT2D eigenvalue weighted by Crippen LogP contribution is -2.33. The summed E-state index contributed by atoms with van der Waals surface area (Å²) in [7, 11) is 1.54. The van der Waals surface area contributed by atoms with Gasteiger partial charge in [0.15, 0.2) is 0 Å². The largest absolute Gasteiger partial charge is 0.497 e. The Hall–Kier alpha value is -3.45. The van der Waals surface area contributed by atoms with E-state index in [1.54, 1.807) is 49.6 Å². The standard InChI is InChI=1S/C21H15FN2O3S/c1-27-14-7-4-6-13(12-14)23-19-18(17-10-5-11-28-17)20(25)24(21(19)26)16-9-3-2-8-15(16)22/h2-12,23H,1H3. The van der Waals surface area contributed by atoms with Crippen LogP contribution < -0.4 is 15.0 Å². The first-order chi connectivity index (χ1) is 13.6. The number of carbonyl (C=O) groups excluding carboxylic acids is 2. The number of rotatable bonds is 5. The van der Waals surface area contributed by atoms with Crippen molar-refractivity contribution in [3.63, 3.8) is 0 Å². The van der Waals surface area contributed by atoms with Crippen molar-refractivity contribution in [2.75, 3.05) is 17.3 Å². The first-order valence-corrected chi connectivity index (χ1v) is 9.30. The number of nitrogens with one attached hydrogen (secondary N) is 1. The van der Waals surface area contributed by atoms with Gasteiger partial charge in [-0.3, -0.25) is 9.59 Å². The van der Waals surface area contributed by atoms with Gasteiger partial charge in [0.05, 0.1) is 18.4 Å². The van der Waals surface area contributed by atoms with Gasteiger partial charge in [0.1, 0.15) is 17.3 Å². The monoisotopic (exact) mass is 394 g/mol.